The van der Waals surface area contributed by atoms with Gasteiger partial charge < -0.3 is 4.42 Å². The monoisotopic (exact) mass is 438 g/mol. The Labute approximate surface area is 166 Å². The Balaban J connectivity index is 1.85. The van der Waals surface area contributed by atoms with Crippen LogP contribution in [0.2, 0.25) is 0 Å². The zero-order chi connectivity index (χ0) is 18.5. The first-order valence-corrected chi connectivity index (χ1v) is 9.86. The van der Waals surface area contributed by atoms with E-state index >= 15 is 0 Å². The van der Waals surface area contributed by atoms with Crippen molar-refractivity contribution >= 4 is 49.3 Å². The first-order chi connectivity index (χ1) is 13.1. The summed E-state index contributed by atoms with van der Waals surface area (Å²) in [6.45, 7) is 0. The third kappa shape index (κ3) is 2.46. The molecule has 1 aliphatic heterocycles. The molecule has 1 amide bonds. The maximum absolute atomic E-state index is 13.3. The summed E-state index contributed by atoms with van der Waals surface area (Å²) in [6, 6.07) is 14.0. The van der Waals surface area contributed by atoms with E-state index in [1.54, 1.807) is 40.7 Å². The lowest BCUT2D eigenvalue weighted by Gasteiger charge is -2.22. The van der Waals surface area contributed by atoms with Gasteiger partial charge in [-0.1, -0.05) is 40.2 Å². The highest BCUT2D eigenvalue weighted by molar-refractivity contribution is 9.10. The van der Waals surface area contributed by atoms with Crippen LogP contribution in [0.1, 0.15) is 27.7 Å². The van der Waals surface area contributed by atoms with E-state index in [1.807, 2.05) is 24.3 Å². The fraction of sp³-hybridized carbons (Fsp3) is 0.0500. The minimum absolute atomic E-state index is 0.0823. The van der Waals surface area contributed by atoms with E-state index in [-0.39, 0.29) is 17.1 Å². The van der Waals surface area contributed by atoms with Gasteiger partial charge in [-0.15, -0.1) is 11.3 Å². The second-order valence-electron chi connectivity index (χ2n) is 6.12. The van der Waals surface area contributed by atoms with Gasteiger partial charge in [-0.3, -0.25) is 14.5 Å². The van der Waals surface area contributed by atoms with Gasteiger partial charge in [0.05, 0.1) is 17.0 Å². The van der Waals surface area contributed by atoms with Crippen molar-refractivity contribution < 1.29 is 9.21 Å². The second kappa shape index (κ2) is 6.14. The molecule has 4 aromatic rings. The third-order valence-corrected chi connectivity index (χ3v) is 5.83. The molecule has 0 saturated heterocycles. The summed E-state index contributed by atoms with van der Waals surface area (Å²) < 4.78 is 6.75. The molecule has 0 fully saturated rings. The van der Waals surface area contributed by atoms with Gasteiger partial charge in [0, 0.05) is 16.0 Å². The predicted octanol–water partition coefficient (Wildman–Crippen LogP) is 4.76. The molecule has 1 aliphatic rings. The van der Waals surface area contributed by atoms with Crippen LogP contribution < -0.4 is 10.3 Å². The van der Waals surface area contributed by atoms with Gasteiger partial charge in [0.2, 0.25) is 5.76 Å². The Hall–Kier alpha value is -2.77. The van der Waals surface area contributed by atoms with Crippen LogP contribution in [0.25, 0.3) is 11.0 Å². The first kappa shape index (κ1) is 16.4. The number of para-hydroxylation sites is 1. The van der Waals surface area contributed by atoms with Gasteiger partial charge in [0.25, 0.3) is 5.91 Å². The predicted molar refractivity (Wildman–Crippen MR) is 107 cm³/mol. The number of thiazole rings is 1. The molecule has 27 heavy (non-hydrogen) atoms. The molecule has 2 aromatic carbocycles. The van der Waals surface area contributed by atoms with Gasteiger partial charge in [-0.05, 0) is 29.8 Å². The van der Waals surface area contributed by atoms with Crippen LogP contribution in [-0.2, 0) is 0 Å². The number of rotatable bonds is 2. The van der Waals surface area contributed by atoms with Crippen molar-refractivity contribution in [3.05, 3.63) is 91.7 Å². The first-order valence-electron chi connectivity index (χ1n) is 8.19. The largest absolute Gasteiger partial charge is 0.450 e. The quantitative estimate of drug-likeness (QED) is 0.452. The molecule has 132 valence electrons. The Kier molecular flexibility index (Phi) is 3.73. The van der Waals surface area contributed by atoms with Crippen molar-refractivity contribution in [3.63, 3.8) is 0 Å². The molecule has 0 N–H and O–H groups in total. The summed E-state index contributed by atoms with van der Waals surface area (Å²) in [4.78, 5) is 32.3. The minimum atomic E-state index is -0.586. The van der Waals surface area contributed by atoms with Crippen molar-refractivity contribution in [1.29, 1.82) is 0 Å². The van der Waals surface area contributed by atoms with Gasteiger partial charge in [-0.2, -0.15) is 0 Å². The number of anilines is 1. The fourth-order valence-corrected chi connectivity index (χ4v) is 4.53. The second-order valence-corrected chi connectivity index (χ2v) is 7.91. The summed E-state index contributed by atoms with van der Waals surface area (Å²) in [5.74, 6) is -0.272. The van der Waals surface area contributed by atoms with Crippen LogP contribution in [0.3, 0.4) is 0 Å². The molecule has 0 spiro atoms. The number of amides is 1. The van der Waals surface area contributed by atoms with E-state index in [2.05, 4.69) is 20.9 Å². The van der Waals surface area contributed by atoms with Crippen molar-refractivity contribution in [2.75, 3.05) is 4.90 Å². The normalized spacial score (nSPS) is 16.1. The van der Waals surface area contributed by atoms with Crippen molar-refractivity contribution in [1.82, 2.24) is 4.98 Å². The molecule has 0 radical (unpaired) electrons. The summed E-state index contributed by atoms with van der Waals surface area (Å²) >= 11 is 4.82. The Morgan fingerprint density at radius 2 is 1.96 bits per heavy atom. The highest BCUT2D eigenvalue weighted by atomic mass is 79.9. The number of hydrogen-bond acceptors (Lipinski definition) is 5. The van der Waals surface area contributed by atoms with E-state index in [4.69, 9.17) is 4.42 Å². The molecular formula is C20H11BrN2O3S. The lowest BCUT2D eigenvalue weighted by molar-refractivity contribution is 0.0971. The molecule has 0 aliphatic carbocycles. The third-order valence-electron chi connectivity index (χ3n) is 4.57. The number of fused-ring (bicyclic) bond motifs is 2. The van der Waals surface area contributed by atoms with E-state index in [9.17, 15) is 9.59 Å². The molecule has 0 saturated carbocycles. The number of aromatic nitrogens is 1. The zero-order valence-electron chi connectivity index (χ0n) is 13.8. The number of nitrogens with zero attached hydrogens (tertiary/aromatic N) is 2. The highest BCUT2D eigenvalue weighted by Crippen LogP contribution is 2.42. The van der Waals surface area contributed by atoms with Crippen LogP contribution in [0.4, 0.5) is 5.13 Å². The minimum Gasteiger partial charge on any atom is -0.450 e. The molecule has 3 heterocycles. The van der Waals surface area contributed by atoms with E-state index < -0.39 is 6.04 Å². The smallest absolute Gasteiger partial charge is 0.297 e. The Bertz CT molecular complexity index is 1250. The average Bonchev–Trinajstić information content (AvgIpc) is 3.29. The van der Waals surface area contributed by atoms with Gasteiger partial charge in [0.15, 0.2) is 10.6 Å². The van der Waals surface area contributed by atoms with Gasteiger partial charge in [0.1, 0.15) is 5.58 Å². The molecule has 5 nitrogen and oxygen atoms in total. The molecule has 7 heteroatoms. The average molecular weight is 439 g/mol. The van der Waals surface area contributed by atoms with E-state index in [0.717, 1.165) is 10.0 Å². The number of hydrogen-bond donors (Lipinski definition) is 0. The Morgan fingerprint density at radius 3 is 2.74 bits per heavy atom. The van der Waals surface area contributed by atoms with Gasteiger partial charge >= 0.3 is 0 Å². The van der Waals surface area contributed by atoms with Crippen molar-refractivity contribution in [2.24, 2.45) is 0 Å². The van der Waals surface area contributed by atoms with Crippen LogP contribution in [-0.4, -0.2) is 10.9 Å². The van der Waals surface area contributed by atoms with Crippen molar-refractivity contribution in [2.45, 2.75) is 6.04 Å². The zero-order valence-corrected chi connectivity index (χ0v) is 16.2. The summed E-state index contributed by atoms with van der Waals surface area (Å²) in [7, 11) is 0. The number of carbonyl (C=O) groups excluding carboxylic acids is 1. The topological polar surface area (TPSA) is 63.4 Å². The molecule has 5 rings (SSSR count). The SMILES string of the molecule is O=C1c2oc3ccccc3c(=O)c2[C@@H](c2cccc(Br)c2)N1c1nccs1. The van der Waals surface area contributed by atoms with E-state index in [1.165, 1.54) is 11.3 Å². The number of benzene rings is 2. The fourth-order valence-electron chi connectivity index (χ4n) is 3.44. The summed E-state index contributed by atoms with van der Waals surface area (Å²) in [5.41, 5.74) is 1.38. The molecule has 2 aromatic heterocycles. The maximum atomic E-state index is 13.3. The van der Waals surface area contributed by atoms with E-state index in [0.29, 0.717) is 21.7 Å². The lowest BCUT2D eigenvalue weighted by Crippen LogP contribution is -2.29. The van der Waals surface area contributed by atoms with Crippen LogP contribution in [0, 0.1) is 0 Å². The van der Waals surface area contributed by atoms with Crippen LogP contribution >= 0.6 is 27.3 Å². The van der Waals surface area contributed by atoms with Crippen LogP contribution in [0.5, 0.6) is 0 Å². The highest BCUT2D eigenvalue weighted by Gasteiger charge is 2.44. The summed E-state index contributed by atoms with van der Waals surface area (Å²) in [5, 5.41) is 2.79. The van der Waals surface area contributed by atoms with Crippen LogP contribution in [0.15, 0.2) is 73.8 Å². The standard InChI is InChI=1S/C20H11BrN2O3S/c21-12-5-3-4-11(10-12)16-15-17(24)13-6-1-2-7-14(13)26-18(15)19(25)23(16)20-22-8-9-27-20/h1-10,16H/t16-/m1/s1. The van der Waals surface area contributed by atoms with Gasteiger partial charge in [-0.25, -0.2) is 4.98 Å². The number of carbonyl (C=O) groups is 1. The summed E-state index contributed by atoms with van der Waals surface area (Å²) in [6.07, 6.45) is 1.64. The molecule has 0 bridgehead atoms. The molecule has 0 unspecified atom stereocenters. The Morgan fingerprint density at radius 1 is 1.11 bits per heavy atom. The van der Waals surface area contributed by atoms with Crippen molar-refractivity contribution in [3.8, 4) is 0 Å². The lowest BCUT2D eigenvalue weighted by atomic mass is 9.99. The maximum Gasteiger partial charge on any atom is 0.297 e. The number of halogens is 1. The molecule has 1 atom stereocenters. The molecular weight excluding hydrogens is 428 g/mol.